The minimum Gasteiger partial charge on any atom is -0.393 e. The van der Waals surface area contributed by atoms with Gasteiger partial charge in [-0.15, -0.1) is 0 Å². The fourth-order valence-corrected chi connectivity index (χ4v) is 4.85. The first-order chi connectivity index (χ1) is 12.1. The summed E-state index contributed by atoms with van der Waals surface area (Å²) in [4.78, 5) is 21.4. The Bertz CT molecular complexity index is 647. The van der Waals surface area contributed by atoms with Crippen LogP contribution in [0.1, 0.15) is 44.9 Å². The number of carbonyl (C=O) groups is 1. The third-order valence-electron chi connectivity index (χ3n) is 6.25. The van der Waals surface area contributed by atoms with Crippen molar-refractivity contribution in [2.45, 2.75) is 57.1 Å². The molecule has 136 valence electrons. The first kappa shape index (κ1) is 16.8. The van der Waals surface area contributed by atoms with Crippen LogP contribution >= 0.6 is 0 Å². The maximum Gasteiger partial charge on any atom is 0.230 e. The first-order valence-corrected chi connectivity index (χ1v) is 9.44. The monoisotopic (exact) mass is 347 g/mol. The highest BCUT2D eigenvalue weighted by molar-refractivity contribution is 5.86. The highest BCUT2D eigenvalue weighted by Crippen LogP contribution is 2.43. The van der Waals surface area contributed by atoms with Gasteiger partial charge in [-0.1, -0.05) is 6.07 Å². The minimum atomic E-state index is -0.475. The lowest BCUT2D eigenvalue weighted by atomic mass is 9.78. The Balaban J connectivity index is 1.49. The second kappa shape index (κ2) is 6.56. The molecule has 25 heavy (non-hydrogen) atoms. The van der Waals surface area contributed by atoms with E-state index in [0.29, 0.717) is 12.4 Å². The molecule has 4 rings (SSSR count). The van der Waals surface area contributed by atoms with Crippen molar-refractivity contribution in [1.82, 2.24) is 9.88 Å². The Morgan fingerprint density at radius 3 is 2.72 bits per heavy atom. The van der Waals surface area contributed by atoms with Crippen LogP contribution in [0.4, 0.5) is 10.2 Å². The second-order valence-corrected chi connectivity index (χ2v) is 7.83. The molecular formula is C19H26FN3O2. The molecule has 3 heterocycles. The number of halogens is 1. The molecule has 1 unspecified atom stereocenters. The summed E-state index contributed by atoms with van der Waals surface area (Å²) in [7, 11) is 0. The summed E-state index contributed by atoms with van der Waals surface area (Å²) >= 11 is 0. The van der Waals surface area contributed by atoms with Gasteiger partial charge in [0.05, 0.1) is 11.5 Å². The van der Waals surface area contributed by atoms with E-state index >= 15 is 0 Å². The molecule has 1 spiro atoms. The largest absolute Gasteiger partial charge is 0.393 e. The van der Waals surface area contributed by atoms with Crippen molar-refractivity contribution >= 4 is 11.7 Å². The van der Waals surface area contributed by atoms with E-state index in [1.807, 2.05) is 6.07 Å². The number of aromatic nitrogens is 1. The summed E-state index contributed by atoms with van der Waals surface area (Å²) in [5.41, 5.74) is -0.345. The highest BCUT2D eigenvalue weighted by atomic mass is 19.1. The fourth-order valence-electron chi connectivity index (χ4n) is 4.85. The summed E-state index contributed by atoms with van der Waals surface area (Å²) in [6.07, 6.45) is 5.89. The second-order valence-electron chi connectivity index (χ2n) is 7.83. The topological polar surface area (TPSA) is 56.7 Å². The number of likely N-dealkylation sites (tertiary alicyclic amines) is 1. The van der Waals surface area contributed by atoms with Crippen molar-refractivity contribution in [2.24, 2.45) is 5.41 Å². The Hall–Kier alpha value is -1.69. The van der Waals surface area contributed by atoms with Gasteiger partial charge in [-0.25, -0.2) is 4.98 Å². The molecule has 6 heteroatoms. The van der Waals surface area contributed by atoms with Crippen LogP contribution in [0.15, 0.2) is 18.2 Å². The summed E-state index contributed by atoms with van der Waals surface area (Å²) in [6.45, 7) is 2.26. The number of carbonyl (C=O) groups excluding carboxylic acids is 1. The van der Waals surface area contributed by atoms with Gasteiger partial charge in [0, 0.05) is 25.7 Å². The van der Waals surface area contributed by atoms with E-state index in [4.69, 9.17) is 0 Å². The number of aliphatic hydroxyl groups excluding tert-OH is 1. The lowest BCUT2D eigenvalue weighted by molar-refractivity contribution is -0.139. The maximum atomic E-state index is 13.5. The predicted octanol–water partition coefficient (Wildman–Crippen LogP) is 2.34. The normalized spacial score (nSPS) is 33.3. The van der Waals surface area contributed by atoms with Crippen molar-refractivity contribution < 1.29 is 14.3 Å². The quantitative estimate of drug-likeness (QED) is 0.835. The molecule has 1 amide bonds. The number of rotatable bonds is 2. The highest BCUT2D eigenvalue weighted by Gasteiger charge is 2.50. The fraction of sp³-hybridized carbons (Fsp3) is 0.684. The van der Waals surface area contributed by atoms with Crippen molar-refractivity contribution in [3.8, 4) is 0 Å². The van der Waals surface area contributed by atoms with Crippen LogP contribution in [0.5, 0.6) is 0 Å². The first-order valence-electron chi connectivity index (χ1n) is 9.44. The summed E-state index contributed by atoms with van der Waals surface area (Å²) in [5, 5.41) is 9.71. The molecule has 3 fully saturated rings. The Morgan fingerprint density at radius 2 is 1.96 bits per heavy atom. The number of hydrogen-bond acceptors (Lipinski definition) is 4. The van der Waals surface area contributed by atoms with Crippen molar-refractivity contribution in [3.63, 3.8) is 0 Å². The minimum absolute atomic E-state index is 0.202. The van der Waals surface area contributed by atoms with E-state index in [1.54, 1.807) is 6.07 Å². The van der Waals surface area contributed by atoms with Gasteiger partial charge in [0.2, 0.25) is 11.9 Å². The van der Waals surface area contributed by atoms with Crippen molar-refractivity contribution in [3.05, 3.63) is 24.1 Å². The summed E-state index contributed by atoms with van der Waals surface area (Å²) in [6, 6.07) is 5.12. The van der Waals surface area contributed by atoms with Crippen molar-refractivity contribution in [2.75, 3.05) is 24.5 Å². The van der Waals surface area contributed by atoms with Gasteiger partial charge < -0.3 is 14.9 Å². The molecule has 1 aromatic rings. The van der Waals surface area contributed by atoms with Gasteiger partial charge in [0.1, 0.15) is 5.82 Å². The third kappa shape index (κ3) is 3.12. The van der Waals surface area contributed by atoms with Gasteiger partial charge in [0.25, 0.3) is 0 Å². The third-order valence-corrected chi connectivity index (χ3v) is 6.25. The van der Waals surface area contributed by atoms with Gasteiger partial charge >= 0.3 is 0 Å². The number of amides is 1. The zero-order valence-corrected chi connectivity index (χ0v) is 14.5. The van der Waals surface area contributed by atoms with Crippen LogP contribution in [0.25, 0.3) is 0 Å². The van der Waals surface area contributed by atoms with Gasteiger partial charge in [0.15, 0.2) is 0 Å². The van der Waals surface area contributed by atoms with E-state index in [9.17, 15) is 14.3 Å². The molecule has 0 bridgehead atoms. The summed E-state index contributed by atoms with van der Waals surface area (Å²) in [5.74, 6) is 0.415. The molecule has 1 saturated carbocycles. The van der Waals surface area contributed by atoms with Gasteiger partial charge in [-0.2, -0.15) is 4.39 Å². The van der Waals surface area contributed by atoms with E-state index < -0.39 is 5.95 Å². The molecule has 3 aliphatic rings. The molecule has 1 aromatic heterocycles. The number of piperidine rings is 1. The van der Waals surface area contributed by atoms with E-state index in [-0.39, 0.29) is 23.5 Å². The molecule has 1 N–H and O–H groups in total. The molecule has 5 nitrogen and oxygen atoms in total. The zero-order valence-electron chi connectivity index (χ0n) is 14.5. The number of nitrogens with zero attached hydrogens (tertiary/aromatic N) is 3. The van der Waals surface area contributed by atoms with Crippen LogP contribution in [0.2, 0.25) is 0 Å². The van der Waals surface area contributed by atoms with E-state index in [0.717, 1.165) is 58.0 Å². The number of aliphatic hydroxyl groups is 1. The number of pyridine rings is 1. The molecule has 0 aromatic carbocycles. The lowest BCUT2D eigenvalue weighted by Crippen LogP contribution is -2.50. The average Bonchev–Trinajstić information content (AvgIpc) is 2.92. The van der Waals surface area contributed by atoms with Gasteiger partial charge in [-0.3, -0.25) is 4.79 Å². The van der Waals surface area contributed by atoms with Crippen molar-refractivity contribution in [1.29, 1.82) is 0 Å². The SMILES string of the molecule is O=C1N(C2CCC(O)CC2)CCC12CCCN(c1cccc(F)n1)C2. The Kier molecular flexibility index (Phi) is 4.40. The molecular weight excluding hydrogens is 321 g/mol. The van der Waals surface area contributed by atoms with Crippen LogP contribution in [-0.4, -0.2) is 52.7 Å². The van der Waals surface area contributed by atoms with Crippen LogP contribution in [0.3, 0.4) is 0 Å². The Labute approximate surface area is 147 Å². The van der Waals surface area contributed by atoms with Gasteiger partial charge in [-0.05, 0) is 57.1 Å². The standard InChI is InChI=1S/C19H26FN3O2/c20-16-3-1-4-17(21-16)22-11-2-9-19(13-22)10-12-23(18(19)25)14-5-7-15(24)8-6-14/h1,3-4,14-15,24H,2,5-13H2. The van der Waals surface area contributed by atoms with Crippen LogP contribution in [0, 0.1) is 11.4 Å². The number of anilines is 1. The molecule has 0 radical (unpaired) electrons. The van der Waals surface area contributed by atoms with Crippen LogP contribution in [-0.2, 0) is 4.79 Å². The number of hydrogen-bond donors (Lipinski definition) is 1. The maximum absolute atomic E-state index is 13.5. The van der Waals surface area contributed by atoms with E-state index in [1.165, 1.54) is 6.07 Å². The molecule has 1 atom stereocenters. The summed E-state index contributed by atoms with van der Waals surface area (Å²) < 4.78 is 13.5. The molecule has 2 aliphatic heterocycles. The molecule has 2 saturated heterocycles. The lowest BCUT2D eigenvalue weighted by Gasteiger charge is -2.41. The predicted molar refractivity (Wildman–Crippen MR) is 92.7 cm³/mol. The average molecular weight is 347 g/mol. The van der Waals surface area contributed by atoms with Crippen LogP contribution < -0.4 is 4.90 Å². The zero-order chi connectivity index (χ0) is 17.4. The smallest absolute Gasteiger partial charge is 0.230 e. The Morgan fingerprint density at radius 1 is 1.16 bits per heavy atom. The van der Waals surface area contributed by atoms with E-state index in [2.05, 4.69) is 14.8 Å². The molecule has 1 aliphatic carbocycles.